The molecule has 0 spiro atoms. The van der Waals surface area contributed by atoms with Crippen LogP contribution in [0.2, 0.25) is 0 Å². The third-order valence-electron chi connectivity index (χ3n) is 3.87. The van der Waals surface area contributed by atoms with Gasteiger partial charge in [-0.15, -0.1) is 0 Å². The van der Waals surface area contributed by atoms with Crippen molar-refractivity contribution < 1.29 is 9.53 Å². The maximum absolute atomic E-state index is 11.0. The third kappa shape index (κ3) is 3.76. The molecule has 0 aromatic rings. The highest BCUT2D eigenvalue weighted by Gasteiger charge is 2.31. The van der Waals surface area contributed by atoms with Crippen LogP contribution >= 0.6 is 0 Å². The third-order valence-corrected chi connectivity index (χ3v) is 3.87. The van der Waals surface area contributed by atoms with Gasteiger partial charge in [-0.25, -0.2) is 0 Å². The SMILES string of the molecule is CN[C@H]1C[C@H](OC2CCN(CC(C)=O)CC2)C1. The van der Waals surface area contributed by atoms with Crippen molar-refractivity contribution in [3.63, 3.8) is 0 Å². The quantitative estimate of drug-likeness (QED) is 0.772. The monoisotopic (exact) mass is 240 g/mol. The van der Waals surface area contributed by atoms with Crippen molar-refractivity contribution in [1.29, 1.82) is 0 Å². The number of likely N-dealkylation sites (tertiary alicyclic amines) is 1. The van der Waals surface area contributed by atoms with E-state index >= 15 is 0 Å². The molecule has 17 heavy (non-hydrogen) atoms. The van der Waals surface area contributed by atoms with Crippen LogP contribution in [-0.4, -0.2) is 55.6 Å². The molecule has 98 valence electrons. The van der Waals surface area contributed by atoms with E-state index in [-0.39, 0.29) is 5.78 Å². The van der Waals surface area contributed by atoms with E-state index in [0.717, 1.165) is 38.8 Å². The molecule has 2 fully saturated rings. The van der Waals surface area contributed by atoms with Gasteiger partial charge in [-0.2, -0.15) is 0 Å². The predicted octanol–water partition coefficient (Wildman–Crippen LogP) is 0.807. The van der Waals surface area contributed by atoms with Crippen LogP contribution in [0, 0.1) is 0 Å². The Kier molecular flexibility index (Phi) is 4.54. The molecule has 0 atom stereocenters. The first-order valence-corrected chi connectivity index (χ1v) is 6.72. The summed E-state index contributed by atoms with van der Waals surface area (Å²) in [5, 5.41) is 3.27. The number of piperidine rings is 1. The molecule has 0 amide bonds. The number of hydrogen-bond acceptors (Lipinski definition) is 4. The molecular weight excluding hydrogens is 216 g/mol. The van der Waals surface area contributed by atoms with E-state index in [9.17, 15) is 4.79 Å². The highest BCUT2D eigenvalue weighted by atomic mass is 16.5. The molecule has 0 aromatic heterocycles. The molecule has 1 aliphatic heterocycles. The summed E-state index contributed by atoms with van der Waals surface area (Å²) in [6.07, 6.45) is 5.36. The minimum Gasteiger partial charge on any atom is -0.375 e. The summed E-state index contributed by atoms with van der Waals surface area (Å²) in [6, 6.07) is 0.665. The number of carbonyl (C=O) groups excluding carboxylic acids is 1. The van der Waals surface area contributed by atoms with Gasteiger partial charge in [0.05, 0.1) is 18.8 Å². The van der Waals surface area contributed by atoms with Crippen LogP contribution in [-0.2, 0) is 9.53 Å². The highest BCUT2D eigenvalue weighted by molar-refractivity contribution is 5.77. The van der Waals surface area contributed by atoms with E-state index in [0.29, 0.717) is 24.8 Å². The molecular formula is C13H24N2O2. The van der Waals surface area contributed by atoms with Crippen LogP contribution in [0.3, 0.4) is 0 Å². The molecule has 1 heterocycles. The van der Waals surface area contributed by atoms with Crippen molar-refractivity contribution in [3.8, 4) is 0 Å². The van der Waals surface area contributed by atoms with Crippen LogP contribution in [0.4, 0.5) is 0 Å². The number of ether oxygens (including phenoxy) is 1. The number of hydrogen-bond donors (Lipinski definition) is 1. The number of rotatable bonds is 5. The topological polar surface area (TPSA) is 41.6 Å². The smallest absolute Gasteiger partial charge is 0.143 e. The van der Waals surface area contributed by atoms with Crippen molar-refractivity contribution in [2.75, 3.05) is 26.7 Å². The van der Waals surface area contributed by atoms with Crippen LogP contribution in [0.15, 0.2) is 0 Å². The zero-order valence-electron chi connectivity index (χ0n) is 10.9. The minimum absolute atomic E-state index is 0.264. The second-order valence-electron chi connectivity index (χ2n) is 5.39. The first kappa shape index (κ1) is 13.0. The van der Waals surface area contributed by atoms with Gasteiger partial charge >= 0.3 is 0 Å². The Labute approximate surface area is 104 Å². The van der Waals surface area contributed by atoms with E-state index in [1.54, 1.807) is 6.92 Å². The van der Waals surface area contributed by atoms with Gasteiger partial charge in [-0.05, 0) is 39.7 Å². The lowest BCUT2D eigenvalue weighted by Crippen LogP contribution is -2.47. The average Bonchev–Trinajstić information content (AvgIpc) is 2.24. The summed E-state index contributed by atoms with van der Waals surface area (Å²) in [6.45, 7) is 4.28. The lowest BCUT2D eigenvalue weighted by Gasteiger charge is -2.39. The highest BCUT2D eigenvalue weighted by Crippen LogP contribution is 2.26. The molecule has 4 heteroatoms. The maximum Gasteiger partial charge on any atom is 0.143 e. The van der Waals surface area contributed by atoms with Crippen LogP contribution in [0.1, 0.15) is 32.6 Å². The van der Waals surface area contributed by atoms with Gasteiger partial charge in [0, 0.05) is 19.1 Å². The average molecular weight is 240 g/mol. The zero-order chi connectivity index (χ0) is 12.3. The van der Waals surface area contributed by atoms with Crippen molar-refractivity contribution in [2.45, 2.75) is 50.9 Å². The fourth-order valence-electron chi connectivity index (χ4n) is 2.70. The lowest BCUT2D eigenvalue weighted by molar-refractivity contribution is -0.120. The van der Waals surface area contributed by atoms with E-state index in [1.165, 1.54) is 0 Å². The van der Waals surface area contributed by atoms with Crippen LogP contribution in [0.5, 0.6) is 0 Å². The van der Waals surface area contributed by atoms with E-state index in [4.69, 9.17) is 4.74 Å². The Morgan fingerprint density at radius 1 is 1.29 bits per heavy atom. The molecule has 0 radical (unpaired) electrons. The number of ketones is 1. The Morgan fingerprint density at radius 3 is 2.47 bits per heavy atom. The van der Waals surface area contributed by atoms with Crippen molar-refractivity contribution in [1.82, 2.24) is 10.2 Å². The van der Waals surface area contributed by atoms with Gasteiger partial charge in [0.15, 0.2) is 0 Å². The Hall–Kier alpha value is -0.450. The summed E-state index contributed by atoms with van der Waals surface area (Å²) < 4.78 is 6.06. The zero-order valence-corrected chi connectivity index (χ0v) is 10.9. The molecule has 1 saturated carbocycles. The second-order valence-corrected chi connectivity index (χ2v) is 5.39. The standard InChI is InChI=1S/C13H24N2O2/c1-10(16)9-15-5-3-12(4-6-15)17-13-7-11(8-13)14-2/h11-14H,3-9H2,1-2H3/t11-,13-. The summed E-state index contributed by atoms with van der Waals surface area (Å²) >= 11 is 0. The summed E-state index contributed by atoms with van der Waals surface area (Å²) in [5.41, 5.74) is 0. The number of nitrogens with zero attached hydrogens (tertiary/aromatic N) is 1. The minimum atomic E-state index is 0.264. The molecule has 1 N–H and O–H groups in total. The Balaban J connectivity index is 1.61. The first-order chi connectivity index (χ1) is 8.17. The molecule has 0 bridgehead atoms. The van der Waals surface area contributed by atoms with Gasteiger partial charge in [0.1, 0.15) is 5.78 Å². The number of carbonyl (C=O) groups is 1. The normalized spacial score (nSPS) is 31.2. The number of nitrogens with one attached hydrogen (secondary N) is 1. The van der Waals surface area contributed by atoms with E-state index in [1.807, 2.05) is 7.05 Å². The molecule has 0 aromatic carbocycles. The largest absolute Gasteiger partial charge is 0.375 e. The lowest BCUT2D eigenvalue weighted by atomic mass is 9.89. The van der Waals surface area contributed by atoms with Crippen LogP contribution in [0.25, 0.3) is 0 Å². The Bertz CT molecular complexity index is 256. The van der Waals surface area contributed by atoms with E-state index in [2.05, 4.69) is 10.2 Å². The summed E-state index contributed by atoms with van der Waals surface area (Å²) in [4.78, 5) is 13.3. The van der Waals surface area contributed by atoms with Gasteiger partial charge in [0.25, 0.3) is 0 Å². The first-order valence-electron chi connectivity index (χ1n) is 6.72. The van der Waals surface area contributed by atoms with E-state index < -0.39 is 0 Å². The fraction of sp³-hybridized carbons (Fsp3) is 0.923. The molecule has 4 nitrogen and oxygen atoms in total. The summed E-state index contributed by atoms with van der Waals surface area (Å²) in [7, 11) is 2.02. The predicted molar refractivity (Wildman–Crippen MR) is 67.1 cm³/mol. The molecule has 0 unspecified atom stereocenters. The maximum atomic E-state index is 11.0. The molecule has 2 rings (SSSR count). The molecule has 2 aliphatic rings. The molecule has 1 saturated heterocycles. The fourth-order valence-corrected chi connectivity index (χ4v) is 2.70. The molecule has 1 aliphatic carbocycles. The summed E-state index contributed by atoms with van der Waals surface area (Å²) in [5.74, 6) is 0.264. The van der Waals surface area contributed by atoms with Crippen molar-refractivity contribution in [2.24, 2.45) is 0 Å². The van der Waals surface area contributed by atoms with Crippen molar-refractivity contribution >= 4 is 5.78 Å². The van der Waals surface area contributed by atoms with Gasteiger partial charge < -0.3 is 10.1 Å². The van der Waals surface area contributed by atoms with Crippen LogP contribution < -0.4 is 5.32 Å². The van der Waals surface area contributed by atoms with Gasteiger partial charge in [-0.3, -0.25) is 9.69 Å². The second kappa shape index (κ2) is 5.94. The Morgan fingerprint density at radius 2 is 1.94 bits per heavy atom. The van der Waals surface area contributed by atoms with Gasteiger partial charge in [-0.1, -0.05) is 0 Å². The van der Waals surface area contributed by atoms with Crippen molar-refractivity contribution in [3.05, 3.63) is 0 Å². The van der Waals surface area contributed by atoms with Gasteiger partial charge in [0.2, 0.25) is 0 Å². The number of Topliss-reactive ketones (excluding diaryl/α,β-unsaturated/α-hetero) is 1.